The van der Waals surface area contributed by atoms with E-state index in [-0.39, 0.29) is 16.3 Å². The number of aliphatic carboxylic acids is 1. The van der Waals surface area contributed by atoms with Gasteiger partial charge in [0.2, 0.25) is 0 Å². The third-order valence-electron chi connectivity index (χ3n) is 1.98. The summed E-state index contributed by atoms with van der Waals surface area (Å²) in [6.45, 7) is 0. The third kappa shape index (κ3) is 2.55. The molecule has 0 aromatic carbocycles. The molecule has 9 heteroatoms. The number of carboxylic acid groups (broad SMARTS) is 1. The predicted octanol–water partition coefficient (Wildman–Crippen LogP) is 1.92. The number of aromatic nitrogens is 3. The first kappa shape index (κ1) is 12.7. The Morgan fingerprint density at radius 1 is 1.50 bits per heavy atom. The summed E-state index contributed by atoms with van der Waals surface area (Å²) in [7, 11) is 0. The van der Waals surface area contributed by atoms with Crippen molar-refractivity contribution in [2.45, 2.75) is 11.2 Å². The van der Waals surface area contributed by atoms with E-state index >= 15 is 0 Å². The number of rotatable bonds is 3. The number of halogens is 3. The molecule has 18 heavy (non-hydrogen) atoms. The van der Waals surface area contributed by atoms with Gasteiger partial charge < -0.3 is 5.11 Å². The van der Waals surface area contributed by atoms with E-state index in [1.54, 1.807) is 0 Å². The summed E-state index contributed by atoms with van der Waals surface area (Å²) in [5, 5.41) is 12.1. The van der Waals surface area contributed by atoms with Crippen molar-refractivity contribution in [3.05, 3.63) is 24.2 Å². The Kier molecular flexibility index (Phi) is 3.16. The van der Waals surface area contributed by atoms with Gasteiger partial charge in [0.05, 0.1) is 11.3 Å². The van der Waals surface area contributed by atoms with E-state index < -0.39 is 17.8 Å². The number of alkyl halides is 3. The average Bonchev–Trinajstić information content (AvgIpc) is 2.69. The molecule has 0 saturated heterocycles. The summed E-state index contributed by atoms with van der Waals surface area (Å²) in [4.78, 5) is 14.3. The minimum absolute atomic E-state index is 0.135. The van der Waals surface area contributed by atoms with E-state index in [1.807, 2.05) is 0 Å². The van der Waals surface area contributed by atoms with Crippen LogP contribution in [-0.2, 0) is 11.0 Å². The van der Waals surface area contributed by atoms with Crippen LogP contribution in [0.2, 0.25) is 0 Å². The lowest BCUT2D eigenvalue weighted by Crippen LogP contribution is -2.05. The second kappa shape index (κ2) is 4.48. The van der Waals surface area contributed by atoms with Crippen molar-refractivity contribution < 1.29 is 23.1 Å². The smallest absolute Gasteiger partial charge is 0.435 e. The zero-order valence-electron chi connectivity index (χ0n) is 8.68. The Balaban J connectivity index is 2.42. The van der Waals surface area contributed by atoms with Crippen LogP contribution < -0.4 is 0 Å². The number of fused-ring (bicyclic) bond motifs is 1. The highest BCUT2D eigenvalue weighted by Gasteiger charge is 2.34. The summed E-state index contributed by atoms with van der Waals surface area (Å²) < 4.78 is 38.5. The first-order valence-electron chi connectivity index (χ1n) is 4.64. The topological polar surface area (TPSA) is 67.5 Å². The second-order valence-corrected chi connectivity index (χ2v) is 4.24. The van der Waals surface area contributed by atoms with Gasteiger partial charge in [0.1, 0.15) is 5.03 Å². The number of thioether (sulfide) groups is 1. The van der Waals surface area contributed by atoms with Gasteiger partial charge in [0, 0.05) is 12.4 Å². The van der Waals surface area contributed by atoms with Crippen LogP contribution in [0.4, 0.5) is 13.2 Å². The van der Waals surface area contributed by atoms with E-state index in [0.717, 1.165) is 22.3 Å². The molecule has 0 radical (unpaired) electrons. The Bertz CT molecular complexity index is 596. The molecule has 5 nitrogen and oxygen atoms in total. The molecule has 0 unspecified atom stereocenters. The molecule has 0 amide bonds. The highest BCUT2D eigenvalue weighted by atomic mass is 32.2. The first-order chi connectivity index (χ1) is 8.38. The van der Waals surface area contributed by atoms with Gasteiger partial charge in [-0.2, -0.15) is 18.3 Å². The SMILES string of the molecule is O=C(O)CSc1nccn2nc(C(F)(F)F)cc12. The van der Waals surface area contributed by atoms with E-state index in [2.05, 4.69) is 10.1 Å². The third-order valence-corrected chi connectivity index (χ3v) is 2.96. The van der Waals surface area contributed by atoms with Crippen molar-refractivity contribution >= 4 is 23.2 Å². The fourth-order valence-electron chi connectivity index (χ4n) is 1.28. The fraction of sp³-hybridized carbons (Fsp3) is 0.222. The van der Waals surface area contributed by atoms with Crippen LogP contribution in [0.5, 0.6) is 0 Å². The van der Waals surface area contributed by atoms with Crippen molar-refractivity contribution in [2.24, 2.45) is 0 Å². The van der Waals surface area contributed by atoms with Crippen molar-refractivity contribution in [1.82, 2.24) is 14.6 Å². The summed E-state index contributed by atoms with van der Waals surface area (Å²) >= 11 is 0.843. The molecule has 0 saturated carbocycles. The van der Waals surface area contributed by atoms with Gasteiger partial charge in [0.15, 0.2) is 5.69 Å². The molecule has 0 aliphatic heterocycles. The maximum absolute atomic E-state index is 12.5. The predicted molar refractivity (Wildman–Crippen MR) is 56.3 cm³/mol. The van der Waals surface area contributed by atoms with Crippen LogP contribution in [0, 0.1) is 0 Å². The van der Waals surface area contributed by atoms with Crippen LogP contribution in [0.25, 0.3) is 5.52 Å². The molecule has 0 spiro atoms. The lowest BCUT2D eigenvalue weighted by atomic mass is 10.4. The van der Waals surface area contributed by atoms with Crippen molar-refractivity contribution in [1.29, 1.82) is 0 Å². The quantitative estimate of drug-likeness (QED) is 0.868. The Morgan fingerprint density at radius 2 is 2.22 bits per heavy atom. The maximum Gasteiger partial charge on any atom is 0.435 e. The molecule has 2 rings (SSSR count). The second-order valence-electron chi connectivity index (χ2n) is 3.27. The van der Waals surface area contributed by atoms with Crippen molar-refractivity contribution in [3.63, 3.8) is 0 Å². The fourth-order valence-corrected chi connectivity index (χ4v) is 1.97. The van der Waals surface area contributed by atoms with Crippen LogP contribution in [0.3, 0.4) is 0 Å². The largest absolute Gasteiger partial charge is 0.481 e. The minimum Gasteiger partial charge on any atom is -0.481 e. The van der Waals surface area contributed by atoms with Gasteiger partial charge in [-0.1, -0.05) is 11.8 Å². The molecule has 0 atom stereocenters. The van der Waals surface area contributed by atoms with Gasteiger partial charge in [-0.25, -0.2) is 9.50 Å². The summed E-state index contributed by atoms with van der Waals surface area (Å²) in [5.41, 5.74) is -0.899. The molecular weight excluding hydrogens is 271 g/mol. The van der Waals surface area contributed by atoms with Crippen LogP contribution in [0.1, 0.15) is 5.69 Å². The van der Waals surface area contributed by atoms with Crippen LogP contribution in [0.15, 0.2) is 23.5 Å². The van der Waals surface area contributed by atoms with Crippen molar-refractivity contribution in [3.8, 4) is 0 Å². The summed E-state index contributed by atoms with van der Waals surface area (Å²) in [6.07, 6.45) is -2.00. The van der Waals surface area contributed by atoms with Gasteiger partial charge in [-0.05, 0) is 6.07 Å². The standard InChI is InChI=1S/C9H6F3N3O2S/c10-9(11,12)6-3-5-8(18-4-7(16)17)13-1-2-15(5)14-6/h1-3H,4H2,(H,16,17). The highest BCUT2D eigenvalue weighted by molar-refractivity contribution is 8.00. The number of nitrogens with zero attached hydrogens (tertiary/aromatic N) is 3. The molecule has 1 N–H and O–H groups in total. The van der Waals surface area contributed by atoms with Crippen LogP contribution >= 0.6 is 11.8 Å². The molecule has 2 heterocycles. The molecular formula is C9H6F3N3O2S. The zero-order chi connectivity index (χ0) is 13.3. The first-order valence-corrected chi connectivity index (χ1v) is 5.62. The molecule has 0 aliphatic rings. The van der Waals surface area contributed by atoms with Crippen molar-refractivity contribution in [2.75, 3.05) is 5.75 Å². The monoisotopic (exact) mass is 277 g/mol. The summed E-state index contributed by atoms with van der Waals surface area (Å²) in [5.74, 6) is -1.35. The molecule has 2 aromatic heterocycles. The molecule has 96 valence electrons. The lowest BCUT2D eigenvalue weighted by molar-refractivity contribution is -0.141. The normalized spacial score (nSPS) is 11.9. The Labute approximate surface area is 103 Å². The van der Waals surface area contributed by atoms with E-state index in [4.69, 9.17) is 5.11 Å². The minimum atomic E-state index is -4.54. The number of carbonyl (C=O) groups is 1. The van der Waals surface area contributed by atoms with E-state index in [0.29, 0.717) is 0 Å². The molecule has 0 fully saturated rings. The molecule has 0 aliphatic carbocycles. The van der Waals surface area contributed by atoms with E-state index in [9.17, 15) is 18.0 Å². The van der Waals surface area contributed by atoms with Gasteiger partial charge >= 0.3 is 12.1 Å². The van der Waals surface area contributed by atoms with E-state index in [1.165, 1.54) is 12.4 Å². The lowest BCUT2D eigenvalue weighted by Gasteiger charge is -1.99. The van der Waals surface area contributed by atoms with Gasteiger partial charge in [0.25, 0.3) is 0 Å². The Morgan fingerprint density at radius 3 is 2.83 bits per heavy atom. The number of hydrogen-bond donors (Lipinski definition) is 1. The number of carboxylic acids is 1. The Hall–Kier alpha value is -1.77. The zero-order valence-corrected chi connectivity index (χ0v) is 9.49. The van der Waals surface area contributed by atoms with Gasteiger partial charge in [-0.15, -0.1) is 0 Å². The molecule has 2 aromatic rings. The number of hydrogen-bond acceptors (Lipinski definition) is 4. The average molecular weight is 277 g/mol. The maximum atomic E-state index is 12.5. The highest BCUT2D eigenvalue weighted by Crippen LogP contribution is 2.30. The van der Waals surface area contributed by atoms with Crippen LogP contribution in [-0.4, -0.2) is 31.4 Å². The van der Waals surface area contributed by atoms with Gasteiger partial charge in [-0.3, -0.25) is 4.79 Å². The molecule has 0 bridgehead atoms. The summed E-state index contributed by atoms with van der Waals surface area (Å²) in [6, 6.07) is 0.844.